The van der Waals surface area contributed by atoms with Crippen LogP contribution in [0.15, 0.2) is 24.3 Å². The summed E-state index contributed by atoms with van der Waals surface area (Å²) in [5, 5.41) is 0. The van der Waals surface area contributed by atoms with Gasteiger partial charge in [0.05, 0.1) is 6.67 Å². The molecule has 2 fully saturated rings. The fourth-order valence-corrected chi connectivity index (χ4v) is 4.17. The average molecular weight is 322 g/mol. The Balaban J connectivity index is 1.45. The molecule has 0 unspecified atom stereocenters. The summed E-state index contributed by atoms with van der Waals surface area (Å²) in [5.41, 5.74) is 2.78. The standard InChI is InChI=1S/C16H23N3S2/c1-14-3-2-4-15(11-14)12-17-5-7-18(8-6-17)13-19-9-10-21-16(19)20/h2-4,11H,5-10,12-13H2,1H3. The Morgan fingerprint density at radius 2 is 1.86 bits per heavy atom. The van der Waals surface area contributed by atoms with E-state index in [2.05, 4.69) is 45.9 Å². The third-order valence-electron chi connectivity index (χ3n) is 4.17. The number of nitrogens with zero attached hydrogens (tertiary/aromatic N) is 3. The highest BCUT2D eigenvalue weighted by atomic mass is 32.2. The number of aryl methyl sites for hydroxylation is 1. The first-order chi connectivity index (χ1) is 10.2. The Bertz CT molecular complexity index is 498. The molecule has 0 atom stereocenters. The number of hydrogen-bond donors (Lipinski definition) is 0. The van der Waals surface area contributed by atoms with E-state index in [-0.39, 0.29) is 0 Å². The lowest BCUT2D eigenvalue weighted by molar-refractivity contribution is 0.0988. The number of benzene rings is 1. The van der Waals surface area contributed by atoms with Gasteiger partial charge in [0, 0.05) is 45.0 Å². The van der Waals surface area contributed by atoms with Crippen LogP contribution in [-0.2, 0) is 6.54 Å². The molecule has 0 N–H and O–H groups in total. The maximum absolute atomic E-state index is 5.38. The molecular formula is C16H23N3S2. The maximum Gasteiger partial charge on any atom is 0.137 e. The molecule has 21 heavy (non-hydrogen) atoms. The van der Waals surface area contributed by atoms with Gasteiger partial charge in [-0.25, -0.2) is 0 Å². The van der Waals surface area contributed by atoms with Crippen molar-refractivity contribution in [3.63, 3.8) is 0 Å². The van der Waals surface area contributed by atoms with Gasteiger partial charge < -0.3 is 4.90 Å². The summed E-state index contributed by atoms with van der Waals surface area (Å²) in [6.07, 6.45) is 0. The second kappa shape index (κ2) is 7.09. The van der Waals surface area contributed by atoms with Gasteiger partial charge in [-0.3, -0.25) is 9.80 Å². The van der Waals surface area contributed by atoms with Gasteiger partial charge in [-0.2, -0.15) is 0 Å². The van der Waals surface area contributed by atoms with E-state index in [9.17, 15) is 0 Å². The molecule has 2 aliphatic rings. The summed E-state index contributed by atoms with van der Waals surface area (Å²) >= 11 is 7.20. The van der Waals surface area contributed by atoms with Gasteiger partial charge >= 0.3 is 0 Å². The molecule has 0 aliphatic carbocycles. The largest absolute Gasteiger partial charge is 0.344 e. The monoisotopic (exact) mass is 321 g/mol. The molecule has 0 radical (unpaired) electrons. The first kappa shape index (κ1) is 15.3. The molecule has 3 nitrogen and oxygen atoms in total. The lowest BCUT2D eigenvalue weighted by Crippen LogP contribution is -2.49. The van der Waals surface area contributed by atoms with E-state index in [0.717, 1.165) is 56.0 Å². The van der Waals surface area contributed by atoms with Gasteiger partial charge in [0.25, 0.3) is 0 Å². The maximum atomic E-state index is 5.38. The molecular weight excluding hydrogens is 298 g/mol. The molecule has 1 aromatic carbocycles. The Morgan fingerprint density at radius 3 is 2.52 bits per heavy atom. The molecule has 0 bridgehead atoms. The van der Waals surface area contributed by atoms with Crippen molar-refractivity contribution in [1.29, 1.82) is 0 Å². The molecule has 3 rings (SSSR count). The predicted molar refractivity (Wildman–Crippen MR) is 94.7 cm³/mol. The van der Waals surface area contributed by atoms with Crippen LogP contribution < -0.4 is 0 Å². The van der Waals surface area contributed by atoms with Gasteiger partial charge in [-0.05, 0) is 12.5 Å². The van der Waals surface area contributed by atoms with Gasteiger partial charge in [-0.1, -0.05) is 53.8 Å². The fraction of sp³-hybridized carbons (Fsp3) is 0.562. The summed E-state index contributed by atoms with van der Waals surface area (Å²) in [6.45, 7) is 9.98. The van der Waals surface area contributed by atoms with Crippen LogP contribution in [0.3, 0.4) is 0 Å². The molecule has 2 aliphatic heterocycles. The smallest absolute Gasteiger partial charge is 0.137 e. The highest BCUT2D eigenvalue weighted by molar-refractivity contribution is 8.23. The molecule has 114 valence electrons. The van der Waals surface area contributed by atoms with Crippen molar-refractivity contribution in [2.45, 2.75) is 13.5 Å². The number of rotatable bonds is 4. The van der Waals surface area contributed by atoms with Crippen LogP contribution in [0.4, 0.5) is 0 Å². The van der Waals surface area contributed by atoms with Crippen molar-refractivity contribution in [2.24, 2.45) is 0 Å². The quantitative estimate of drug-likeness (QED) is 0.786. The van der Waals surface area contributed by atoms with Crippen molar-refractivity contribution < 1.29 is 0 Å². The summed E-state index contributed by atoms with van der Waals surface area (Å²) in [7, 11) is 0. The lowest BCUT2D eigenvalue weighted by Gasteiger charge is -2.36. The number of hydrogen-bond acceptors (Lipinski definition) is 4. The number of thiocarbonyl (C=S) groups is 1. The third-order valence-corrected chi connectivity index (χ3v) is 5.67. The summed E-state index contributed by atoms with van der Waals surface area (Å²) < 4.78 is 1.08. The summed E-state index contributed by atoms with van der Waals surface area (Å²) in [5.74, 6) is 1.16. The summed E-state index contributed by atoms with van der Waals surface area (Å²) in [4.78, 5) is 7.43. The highest BCUT2D eigenvalue weighted by Gasteiger charge is 2.23. The van der Waals surface area contributed by atoms with E-state index in [0.29, 0.717) is 0 Å². The first-order valence-electron chi connectivity index (χ1n) is 7.63. The second-order valence-corrected chi connectivity index (χ2v) is 7.63. The molecule has 0 spiro atoms. The fourth-order valence-electron chi connectivity index (χ4n) is 2.95. The molecule has 0 saturated carbocycles. The van der Waals surface area contributed by atoms with E-state index in [1.54, 1.807) is 0 Å². The lowest BCUT2D eigenvalue weighted by atomic mass is 10.1. The molecule has 2 saturated heterocycles. The Morgan fingerprint density at radius 1 is 1.10 bits per heavy atom. The van der Waals surface area contributed by atoms with Crippen molar-refractivity contribution in [2.75, 3.05) is 45.1 Å². The normalized spacial score (nSPS) is 21.2. The van der Waals surface area contributed by atoms with E-state index in [4.69, 9.17) is 12.2 Å². The highest BCUT2D eigenvalue weighted by Crippen LogP contribution is 2.18. The van der Waals surface area contributed by atoms with Gasteiger partial charge in [0.2, 0.25) is 0 Å². The topological polar surface area (TPSA) is 9.72 Å². The predicted octanol–water partition coefficient (Wildman–Crippen LogP) is 2.40. The minimum atomic E-state index is 1.02. The zero-order valence-corrected chi connectivity index (χ0v) is 14.3. The zero-order valence-electron chi connectivity index (χ0n) is 12.6. The third kappa shape index (κ3) is 4.19. The van der Waals surface area contributed by atoms with Crippen molar-refractivity contribution in [1.82, 2.24) is 14.7 Å². The van der Waals surface area contributed by atoms with E-state index >= 15 is 0 Å². The van der Waals surface area contributed by atoms with Gasteiger partial charge in [-0.15, -0.1) is 0 Å². The second-order valence-electron chi connectivity index (χ2n) is 5.90. The van der Waals surface area contributed by atoms with Gasteiger partial charge in [0.1, 0.15) is 4.32 Å². The van der Waals surface area contributed by atoms with E-state index in [1.165, 1.54) is 11.1 Å². The molecule has 0 amide bonds. The Kier molecular flexibility index (Phi) is 5.16. The van der Waals surface area contributed by atoms with Crippen LogP contribution >= 0.6 is 24.0 Å². The van der Waals surface area contributed by atoms with Crippen LogP contribution in [0.1, 0.15) is 11.1 Å². The van der Waals surface area contributed by atoms with Crippen molar-refractivity contribution in [3.8, 4) is 0 Å². The zero-order chi connectivity index (χ0) is 14.7. The molecule has 5 heteroatoms. The van der Waals surface area contributed by atoms with E-state index < -0.39 is 0 Å². The number of piperazine rings is 1. The minimum absolute atomic E-state index is 1.02. The number of thioether (sulfide) groups is 1. The van der Waals surface area contributed by atoms with Crippen LogP contribution in [0.2, 0.25) is 0 Å². The van der Waals surface area contributed by atoms with Crippen molar-refractivity contribution >= 4 is 28.3 Å². The molecule has 0 aromatic heterocycles. The Labute approximate surface area is 137 Å². The van der Waals surface area contributed by atoms with E-state index in [1.807, 2.05) is 11.8 Å². The summed E-state index contributed by atoms with van der Waals surface area (Å²) in [6, 6.07) is 8.86. The Hall–Kier alpha value is -0.620. The first-order valence-corrected chi connectivity index (χ1v) is 9.02. The minimum Gasteiger partial charge on any atom is -0.344 e. The van der Waals surface area contributed by atoms with Crippen LogP contribution in [0.25, 0.3) is 0 Å². The van der Waals surface area contributed by atoms with Crippen LogP contribution in [-0.4, -0.2) is 64.2 Å². The average Bonchev–Trinajstić information content (AvgIpc) is 2.87. The molecule has 1 aromatic rings. The van der Waals surface area contributed by atoms with Gasteiger partial charge in [0.15, 0.2) is 0 Å². The molecule has 2 heterocycles. The van der Waals surface area contributed by atoms with Crippen molar-refractivity contribution in [3.05, 3.63) is 35.4 Å². The van der Waals surface area contributed by atoms with Crippen LogP contribution in [0.5, 0.6) is 0 Å². The van der Waals surface area contributed by atoms with Crippen LogP contribution in [0, 0.1) is 6.92 Å². The SMILES string of the molecule is Cc1cccc(CN2CCN(CN3CCSC3=S)CC2)c1.